The molecule has 1 aromatic rings. The van der Waals surface area contributed by atoms with Gasteiger partial charge >= 0.3 is 5.97 Å². The van der Waals surface area contributed by atoms with E-state index in [-0.39, 0.29) is 5.97 Å². The van der Waals surface area contributed by atoms with Crippen LogP contribution in [0.3, 0.4) is 0 Å². The molecule has 0 saturated carbocycles. The van der Waals surface area contributed by atoms with E-state index < -0.39 is 0 Å². The molecule has 2 nitrogen and oxygen atoms in total. The van der Waals surface area contributed by atoms with E-state index >= 15 is 0 Å². The maximum atomic E-state index is 10.7. The third kappa shape index (κ3) is 2.56. The van der Waals surface area contributed by atoms with Gasteiger partial charge in [0.2, 0.25) is 0 Å². The zero-order chi connectivity index (χ0) is 10.0. The van der Waals surface area contributed by atoms with Gasteiger partial charge in [0.1, 0.15) is 5.75 Å². The van der Waals surface area contributed by atoms with Crippen molar-refractivity contribution in [3.63, 3.8) is 0 Å². The predicted molar refractivity (Wildman–Crippen MR) is 54.6 cm³/mol. The molecule has 1 aromatic carbocycles. The zero-order valence-electron chi connectivity index (χ0n) is 7.56. The van der Waals surface area contributed by atoms with E-state index in [0.717, 1.165) is 15.6 Å². The van der Waals surface area contributed by atoms with Crippen molar-refractivity contribution in [1.29, 1.82) is 0 Å². The summed E-state index contributed by atoms with van der Waals surface area (Å²) in [7, 11) is 0. The molecule has 0 aliphatic heterocycles. The quantitative estimate of drug-likeness (QED) is 0.559. The fourth-order valence-corrected chi connectivity index (χ4v) is 1.26. The fraction of sp³-hybridized carbons (Fsp3) is 0.200. The first kappa shape index (κ1) is 10.3. The van der Waals surface area contributed by atoms with E-state index in [9.17, 15) is 4.79 Å². The lowest BCUT2D eigenvalue weighted by Gasteiger charge is -2.06. The number of esters is 1. The molecular formula is C10H10BrO2. The van der Waals surface area contributed by atoms with Crippen LogP contribution in [0.15, 0.2) is 16.6 Å². The molecular weight excluding hydrogens is 232 g/mol. The highest BCUT2D eigenvalue weighted by atomic mass is 79.9. The summed E-state index contributed by atoms with van der Waals surface area (Å²) in [5.41, 5.74) is 1.82. The summed E-state index contributed by atoms with van der Waals surface area (Å²) >= 11 is 3.38. The lowest BCUT2D eigenvalue weighted by molar-refractivity contribution is -0.131. The Kier molecular flexibility index (Phi) is 3.09. The molecule has 0 atom stereocenters. The molecule has 0 saturated heterocycles. The van der Waals surface area contributed by atoms with E-state index in [1.54, 1.807) is 12.1 Å². The third-order valence-corrected chi connectivity index (χ3v) is 2.70. The van der Waals surface area contributed by atoms with Crippen molar-refractivity contribution in [3.05, 3.63) is 34.7 Å². The number of carbonyl (C=O) groups is 1. The molecule has 0 amide bonds. The third-order valence-electron chi connectivity index (χ3n) is 1.56. The average Bonchev–Trinajstić information content (AvgIpc) is 1.98. The van der Waals surface area contributed by atoms with Crippen LogP contribution in [0.4, 0.5) is 0 Å². The van der Waals surface area contributed by atoms with Crippen molar-refractivity contribution in [3.8, 4) is 5.75 Å². The van der Waals surface area contributed by atoms with Crippen LogP contribution >= 0.6 is 15.9 Å². The van der Waals surface area contributed by atoms with Gasteiger partial charge in [-0.3, -0.25) is 4.79 Å². The van der Waals surface area contributed by atoms with Crippen molar-refractivity contribution < 1.29 is 9.53 Å². The molecule has 0 unspecified atom stereocenters. The number of hydrogen-bond donors (Lipinski definition) is 0. The van der Waals surface area contributed by atoms with Crippen LogP contribution < -0.4 is 4.74 Å². The Morgan fingerprint density at radius 2 is 2.15 bits per heavy atom. The molecule has 0 aliphatic rings. The fourth-order valence-electron chi connectivity index (χ4n) is 1.03. The van der Waals surface area contributed by atoms with Gasteiger partial charge < -0.3 is 4.74 Å². The average molecular weight is 242 g/mol. The van der Waals surface area contributed by atoms with Gasteiger partial charge in [0.15, 0.2) is 0 Å². The predicted octanol–water partition coefficient (Wildman–Crippen LogP) is 2.87. The van der Waals surface area contributed by atoms with E-state index in [1.807, 2.05) is 6.92 Å². The van der Waals surface area contributed by atoms with Gasteiger partial charge in [-0.15, -0.1) is 0 Å². The minimum Gasteiger partial charge on any atom is -0.427 e. The highest BCUT2D eigenvalue weighted by molar-refractivity contribution is 9.10. The van der Waals surface area contributed by atoms with Gasteiger partial charge in [0.25, 0.3) is 0 Å². The van der Waals surface area contributed by atoms with Gasteiger partial charge in [0, 0.05) is 11.4 Å². The van der Waals surface area contributed by atoms with Gasteiger partial charge in [-0.05, 0) is 37.1 Å². The monoisotopic (exact) mass is 241 g/mol. The Balaban J connectivity index is 3.06. The number of carbonyl (C=O) groups excluding carboxylic acids is 1. The molecule has 0 aliphatic carbocycles. The number of rotatable bonds is 1. The Morgan fingerprint density at radius 1 is 1.54 bits per heavy atom. The Labute approximate surface area is 86.0 Å². The van der Waals surface area contributed by atoms with Crippen molar-refractivity contribution >= 4 is 21.9 Å². The highest BCUT2D eigenvalue weighted by Crippen LogP contribution is 2.26. The summed E-state index contributed by atoms with van der Waals surface area (Å²) in [5.74, 6) is 0.222. The Morgan fingerprint density at radius 3 is 2.62 bits per heavy atom. The van der Waals surface area contributed by atoms with Crippen LogP contribution in [-0.2, 0) is 4.79 Å². The number of ether oxygens (including phenoxy) is 1. The Bertz CT molecular complexity index is 322. The second-order valence-electron chi connectivity index (χ2n) is 2.81. The van der Waals surface area contributed by atoms with Crippen molar-refractivity contribution in [2.24, 2.45) is 0 Å². The summed E-state index contributed by atoms with van der Waals surface area (Å²) in [4.78, 5) is 10.7. The molecule has 0 heterocycles. The SMILES string of the molecule is [CH2]c1cc(OC(C)=O)cc(C)c1Br. The summed E-state index contributed by atoms with van der Waals surface area (Å²) < 4.78 is 5.88. The lowest BCUT2D eigenvalue weighted by Crippen LogP contribution is -2.01. The van der Waals surface area contributed by atoms with Crippen LogP contribution in [-0.4, -0.2) is 5.97 Å². The van der Waals surface area contributed by atoms with E-state index in [2.05, 4.69) is 22.9 Å². The van der Waals surface area contributed by atoms with E-state index in [0.29, 0.717) is 5.75 Å². The van der Waals surface area contributed by atoms with Gasteiger partial charge in [-0.25, -0.2) is 0 Å². The number of aryl methyl sites for hydroxylation is 1. The Hall–Kier alpha value is -0.830. The normalized spacial score (nSPS) is 9.85. The highest BCUT2D eigenvalue weighted by Gasteiger charge is 2.04. The van der Waals surface area contributed by atoms with Crippen molar-refractivity contribution in [2.75, 3.05) is 0 Å². The number of halogens is 1. The maximum absolute atomic E-state index is 10.7. The van der Waals surface area contributed by atoms with E-state index in [1.165, 1.54) is 6.92 Å². The van der Waals surface area contributed by atoms with Crippen LogP contribution in [0.2, 0.25) is 0 Å². The smallest absolute Gasteiger partial charge is 0.308 e. The first-order chi connectivity index (χ1) is 6.00. The molecule has 1 radical (unpaired) electrons. The van der Waals surface area contributed by atoms with Crippen molar-refractivity contribution in [1.82, 2.24) is 0 Å². The second kappa shape index (κ2) is 3.92. The van der Waals surface area contributed by atoms with Crippen LogP contribution in [0.1, 0.15) is 18.1 Å². The molecule has 0 spiro atoms. The summed E-state index contributed by atoms with van der Waals surface area (Å²) in [5, 5.41) is 0. The largest absolute Gasteiger partial charge is 0.427 e. The molecule has 0 N–H and O–H groups in total. The summed E-state index contributed by atoms with van der Waals surface area (Å²) in [6, 6.07) is 3.51. The summed E-state index contributed by atoms with van der Waals surface area (Å²) in [6.45, 7) is 7.11. The van der Waals surface area contributed by atoms with Crippen LogP contribution in [0.25, 0.3) is 0 Å². The minimum atomic E-state index is -0.318. The van der Waals surface area contributed by atoms with E-state index in [4.69, 9.17) is 4.74 Å². The molecule has 1 rings (SSSR count). The zero-order valence-corrected chi connectivity index (χ0v) is 9.14. The topological polar surface area (TPSA) is 26.3 Å². The van der Waals surface area contributed by atoms with Crippen molar-refractivity contribution in [2.45, 2.75) is 13.8 Å². The molecule has 13 heavy (non-hydrogen) atoms. The first-order valence-corrected chi connectivity index (χ1v) is 4.60. The van der Waals surface area contributed by atoms with Gasteiger partial charge in [-0.2, -0.15) is 0 Å². The molecule has 0 aromatic heterocycles. The minimum absolute atomic E-state index is 0.318. The van der Waals surface area contributed by atoms with Crippen LogP contribution in [0, 0.1) is 13.8 Å². The number of hydrogen-bond acceptors (Lipinski definition) is 2. The van der Waals surface area contributed by atoms with Crippen LogP contribution in [0.5, 0.6) is 5.75 Å². The first-order valence-electron chi connectivity index (χ1n) is 3.81. The maximum Gasteiger partial charge on any atom is 0.308 e. The molecule has 0 bridgehead atoms. The lowest BCUT2D eigenvalue weighted by atomic mass is 10.1. The summed E-state index contributed by atoms with van der Waals surface area (Å²) in [6.07, 6.45) is 0. The molecule has 69 valence electrons. The molecule has 3 heteroatoms. The number of benzene rings is 1. The second-order valence-corrected chi connectivity index (χ2v) is 3.60. The van der Waals surface area contributed by atoms with Gasteiger partial charge in [0.05, 0.1) is 0 Å². The molecule has 0 fully saturated rings. The van der Waals surface area contributed by atoms with Gasteiger partial charge in [-0.1, -0.05) is 15.9 Å². The standard InChI is InChI=1S/C10H10BrO2/c1-6-4-9(13-8(3)12)5-7(2)10(6)11/h4-5H,1H2,2-3H3.